The fraction of sp³-hybridized carbons (Fsp3) is 0.619. The van der Waals surface area contributed by atoms with Gasteiger partial charge >= 0.3 is 0 Å². The molecule has 0 radical (unpaired) electrons. The Kier molecular flexibility index (Phi) is 6.50. The molecular formula is C21H29N3O3. The van der Waals surface area contributed by atoms with E-state index < -0.39 is 0 Å². The van der Waals surface area contributed by atoms with Crippen LogP contribution in [-0.4, -0.2) is 54.0 Å². The Morgan fingerprint density at radius 1 is 1.00 bits per heavy atom. The third-order valence-corrected chi connectivity index (χ3v) is 5.36. The third-order valence-electron chi connectivity index (χ3n) is 5.36. The first kappa shape index (κ1) is 18.6. The molecule has 0 N–H and O–H groups in total. The first-order valence-corrected chi connectivity index (χ1v) is 10.2. The highest BCUT2D eigenvalue weighted by Gasteiger charge is 2.27. The minimum atomic E-state index is -0.225. The van der Waals surface area contributed by atoms with E-state index >= 15 is 0 Å². The normalized spacial score (nSPS) is 24.1. The van der Waals surface area contributed by atoms with Crippen molar-refractivity contribution in [2.45, 2.75) is 50.7 Å². The highest BCUT2D eigenvalue weighted by atomic mass is 16.6. The summed E-state index contributed by atoms with van der Waals surface area (Å²) in [5.74, 6) is 1.32. The molecular weight excluding hydrogens is 342 g/mol. The predicted octanol–water partition coefficient (Wildman–Crippen LogP) is 3.19. The third kappa shape index (κ3) is 5.37. The van der Waals surface area contributed by atoms with Crippen molar-refractivity contribution in [1.29, 1.82) is 0 Å². The van der Waals surface area contributed by atoms with Gasteiger partial charge in [0.2, 0.25) is 11.7 Å². The zero-order chi connectivity index (χ0) is 18.3. The van der Waals surface area contributed by atoms with Gasteiger partial charge in [0.1, 0.15) is 6.10 Å². The van der Waals surface area contributed by atoms with E-state index in [2.05, 4.69) is 27.2 Å². The molecule has 3 heterocycles. The van der Waals surface area contributed by atoms with E-state index in [1.54, 1.807) is 0 Å². The molecule has 0 bridgehead atoms. The number of benzene rings is 1. The van der Waals surface area contributed by atoms with Crippen molar-refractivity contribution in [1.82, 2.24) is 15.0 Å². The zero-order valence-electron chi connectivity index (χ0n) is 15.9. The number of hydrogen-bond donors (Lipinski definition) is 0. The second-order valence-electron chi connectivity index (χ2n) is 7.52. The standard InChI is InChI=1S/C21H29N3O3/c1-3-8-17(9-4-1)14-18-15-26-19(16-25-18)21-22-20(27-23-21)10-7-13-24-11-5-2-6-12-24/h1,3-4,8-9,18-19H,2,5-7,10-16H2. The molecule has 146 valence electrons. The average molecular weight is 371 g/mol. The lowest BCUT2D eigenvalue weighted by Crippen LogP contribution is -2.33. The molecule has 0 aliphatic carbocycles. The van der Waals surface area contributed by atoms with E-state index in [0.29, 0.717) is 24.9 Å². The van der Waals surface area contributed by atoms with Gasteiger partial charge in [0, 0.05) is 12.8 Å². The van der Waals surface area contributed by atoms with Gasteiger partial charge < -0.3 is 18.9 Å². The van der Waals surface area contributed by atoms with Crippen LogP contribution in [0, 0.1) is 0 Å². The highest BCUT2D eigenvalue weighted by molar-refractivity contribution is 5.15. The van der Waals surface area contributed by atoms with Crippen molar-refractivity contribution in [3.63, 3.8) is 0 Å². The quantitative estimate of drug-likeness (QED) is 0.745. The molecule has 2 atom stereocenters. The second-order valence-corrected chi connectivity index (χ2v) is 7.52. The number of rotatable bonds is 7. The van der Waals surface area contributed by atoms with Gasteiger partial charge in [0.15, 0.2) is 0 Å². The van der Waals surface area contributed by atoms with Crippen molar-refractivity contribution in [2.75, 3.05) is 32.8 Å². The summed E-state index contributed by atoms with van der Waals surface area (Å²) in [6.45, 7) is 4.60. The molecule has 2 unspecified atom stereocenters. The summed E-state index contributed by atoms with van der Waals surface area (Å²) in [5, 5.41) is 4.11. The number of aromatic nitrogens is 2. The molecule has 0 spiro atoms. The van der Waals surface area contributed by atoms with Gasteiger partial charge in [-0.15, -0.1) is 0 Å². The summed E-state index contributed by atoms with van der Waals surface area (Å²) >= 11 is 0. The maximum absolute atomic E-state index is 5.97. The molecule has 2 saturated heterocycles. The summed E-state index contributed by atoms with van der Waals surface area (Å²) in [7, 11) is 0. The number of piperidine rings is 1. The maximum Gasteiger partial charge on any atom is 0.226 e. The first-order chi connectivity index (χ1) is 13.4. The molecule has 0 saturated carbocycles. The first-order valence-electron chi connectivity index (χ1n) is 10.2. The largest absolute Gasteiger partial charge is 0.372 e. The van der Waals surface area contributed by atoms with E-state index in [1.165, 1.54) is 37.9 Å². The van der Waals surface area contributed by atoms with Crippen molar-refractivity contribution < 1.29 is 14.0 Å². The van der Waals surface area contributed by atoms with Gasteiger partial charge in [-0.05, 0) is 44.5 Å². The molecule has 6 nitrogen and oxygen atoms in total. The van der Waals surface area contributed by atoms with Gasteiger partial charge in [-0.3, -0.25) is 0 Å². The molecule has 4 rings (SSSR count). The molecule has 6 heteroatoms. The van der Waals surface area contributed by atoms with Crippen molar-refractivity contribution in [2.24, 2.45) is 0 Å². The zero-order valence-corrected chi connectivity index (χ0v) is 15.9. The van der Waals surface area contributed by atoms with Crippen molar-refractivity contribution in [3.8, 4) is 0 Å². The Balaban J connectivity index is 1.20. The van der Waals surface area contributed by atoms with Crippen LogP contribution in [0.1, 0.15) is 49.1 Å². The Bertz CT molecular complexity index is 677. The molecule has 27 heavy (non-hydrogen) atoms. The number of ether oxygens (including phenoxy) is 2. The van der Waals surface area contributed by atoms with E-state index in [1.807, 2.05) is 18.2 Å². The second kappa shape index (κ2) is 9.44. The Hall–Kier alpha value is -1.76. The predicted molar refractivity (Wildman–Crippen MR) is 101 cm³/mol. The summed E-state index contributed by atoms with van der Waals surface area (Å²) < 4.78 is 17.3. The Morgan fingerprint density at radius 3 is 2.63 bits per heavy atom. The monoisotopic (exact) mass is 371 g/mol. The van der Waals surface area contributed by atoms with Crippen LogP contribution in [0.4, 0.5) is 0 Å². The number of likely N-dealkylation sites (tertiary alicyclic amines) is 1. The number of aryl methyl sites for hydroxylation is 1. The summed E-state index contributed by atoms with van der Waals surface area (Å²) in [6.07, 6.45) is 6.64. The summed E-state index contributed by atoms with van der Waals surface area (Å²) in [5.41, 5.74) is 1.26. The lowest BCUT2D eigenvalue weighted by Gasteiger charge is -2.27. The van der Waals surface area contributed by atoms with Gasteiger partial charge in [-0.2, -0.15) is 4.98 Å². The van der Waals surface area contributed by atoms with Gasteiger partial charge in [0.25, 0.3) is 0 Å². The topological polar surface area (TPSA) is 60.6 Å². The van der Waals surface area contributed by atoms with E-state index in [9.17, 15) is 0 Å². The van der Waals surface area contributed by atoms with Crippen molar-refractivity contribution >= 4 is 0 Å². The number of hydrogen-bond acceptors (Lipinski definition) is 6. The van der Waals surface area contributed by atoms with Crippen LogP contribution in [0.3, 0.4) is 0 Å². The van der Waals surface area contributed by atoms with Crippen LogP contribution in [0.5, 0.6) is 0 Å². The highest BCUT2D eigenvalue weighted by Crippen LogP contribution is 2.22. The van der Waals surface area contributed by atoms with Gasteiger partial charge in [0.05, 0.1) is 19.3 Å². The van der Waals surface area contributed by atoms with Crippen LogP contribution in [0.15, 0.2) is 34.9 Å². The number of nitrogens with zero attached hydrogens (tertiary/aromatic N) is 3. The molecule has 1 aromatic carbocycles. The van der Waals surface area contributed by atoms with E-state index in [0.717, 1.165) is 25.8 Å². The Morgan fingerprint density at radius 2 is 1.85 bits per heavy atom. The molecule has 2 aromatic rings. The summed E-state index contributed by atoms with van der Waals surface area (Å²) in [6, 6.07) is 10.4. The summed E-state index contributed by atoms with van der Waals surface area (Å²) in [4.78, 5) is 7.06. The molecule has 2 fully saturated rings. The van der Waals surface area contributed by atoms with E-state index in [4.69, 9.17) is 14.0 Å². The van der Waals surface area contributed by atoms with Crippen molar-refractivity contribution in [3.05, 3.63) is 47.6 Å². The van der Waals surface area contributed by atoms with Crippen LogP contribution in [-0.2, 0) is 22.3 Å². The minimum Gasteiger partial charge on any atom is -0.372 e. The molecule has 1 aromatic heterocycles. The smallest absolute Gasteiger partial charge is 0.226 e. The average Bonchev–Trinajstić information content (AvgIpc) is 3.19. The van der Waals surface area contributed by atoms with Crippen LogP contribution in [0.25, 0.3) is 0 Å². The minimum absolute atomic E-state index is 0.0829. The fourth-order valence-electron chi connectivity index (χ4n) is 3.82. The maximum atomic E-state index is 5.97. The molecule has 2 aliphatic rings. The van der Waals surface area contributed by atoms with Gasteiger partial charge in [-0.25, -0.2) is 0 Å². The SMILES string of the molecule is c1ccc(CC2COC(c3noc(CCCN4CCCCC4)n3)CO2)cc1. The van der Waals surface area contributed by atoms with E-state index in [-0.39, 0.29) is 12.2 Å². The fourth-order valence-corrected chi connectivity index (χ4v) is 3.82. The van der Waals surface area contributed by atoms with Crippen LogP contribution >= 0.6 is 0 Å². The Labute approximate surface area is 160 Å². The lowest BCUT2D eigenvalue weighted by atomic mass is 10.1. The van der Waals surface area contributed by atoms with Gasteiger partial charge in [-0.1, -0.05) is 41.9 Å². The van der Waals surface area contributed by atoms with Crippen LogP contribution in [0.2, 0.25) is 0 Å². The molecule has 2 aliphatic heterocycles. The van der Waals surface area contributed by atoms with Crippen LogP contribution < -0.4 is 0 Å². The lowest BCUT2D eigenvalue weighted by molar-refractivity contribution is -0.137. The molecule has 0 amide bonds.